The fraction of sp³-hybridized carbons (Fsp3) is 0.538. The molecule has 90 valence electrons. The Kier molecular flexibility index (Phi) is 5.88. The average Bonchev–Trinajstić information content (AvgIpc) is 2.29. The molecule has 0 radical (unpaired) electrons. The summed E-state index contributed by atoms with van der Waals surface area (Å²) in [5.74, 6) is 0. The summed E-state index contributed by atoms with van der Waals surface area (Å²) in [5.41, 5.74) is 1.32. The minimum absolute atomic E-state index is 0.362. The third kappa shape index (κ3) is 4.16. The molecule has 0 bridgehead atoms. The van der Waals surface area contributed by atoms with Crippen molar-refractivity contribution in [3.8, 4) is 0 Å². The van der Waals surface area contributed by atoms with Crippen LogP contribution < -0.4 is 5.32 Å². The molecule has 3 heteroatoms. The number of hydrogen-bond acceptors (Lipinski definition) is 3. The molecule has 0 aliphatic heterocycles. The fourth-order valence-electron chi connectivity index (χ4n) is 1.71. The topological polar surface area (TPSA) is 21.3 Å². The number of thioether (sulfide) groups is 1. The van der Waals surface area contributed by atoms with E-state index in [0.717, 1.165) is 6.61 Å². The molecule has 0 heterocycles. The van der Waals surface area contributed by atoms with Crippen molar-refractivity contribution in [1.82, 2.24) is 5.32 Å². The van der Waals surface area contributed by atoms with E-state index in [4.69, 9.17) is 4.74 Å². The minimum Gasteiger partial charge on any atom is -0.383 e. The van der Waals surface area contributed by atoms with Crippen LogP contribution in [-0.2, 0) is 4.74 Å². The molecule has 2 nitrogen and oxygen atoms in total. The van der Waals surface area contributed by atoms with E-state index in [1.807, 2.05) is 0 Å². The Hall–Kier alpha value is -0.510. The first-order valence-electron chi connectivity index (χ1n) is 5.56. The third-order valence-electron chi connectivity index (χ3n) is 2.57. The number of nitrogens with one attached hydrogen (secondary N) is 1. The molecule has 0 amide bonds. The van der Waals surface area contributed by atoms with Crippen LogP contribution in [-0.4, -0.2) is 26.0 Å². The zero-order valence-electron chi connectivity index (χ0n) is 10.5. The summed E-state index contributed by atoms with van der Waals surface area (Å²) in [7, 11) is 1.73. The molecule has 2 atom stereocenters. The van der Waals surface area contributed by atoms with Crippen molar-refractivity contribution < 1.29 is 4.74 Å². The van der Waals surface area contributed by atoms with E-state index >= 15 is 0 Å². The summed E-state index contributed by atoms with van der Waals surface area (Å²) >= 11 is 1.77. The summed E-state index contributed by atoms with van der Waals surface area (Å²) in [5, 5.41) is 3.50. The van der Waals surface area contributed by atoms with E-state index in [1.54, 1.807) is 18.9 Å². The minimum atomic E-state index is 0.362. The zero-order chi connectivity index (χ0) is 12.0. The lowest BCUT2D eigenvalue weighted by Gasteiger charge is -2.19. The van der Waals surface area contributed by atoms with Gasteiger partial charge in [0, 0.05) is 24.1 Å². The van der Waals surface area contributed by atoms with Crippen molar-refractivity contribution >= 4 is 11.8 Å². The van der Waals surface area contributed by atoms with Gasteiger partial charge in [0.2, 0.25) is 0 Å². The Labute approximate surface area is 103 Å². The Bertz CT molecular complexity index is 299. The molecule has 0 fully saturated rings. The predicted octanol–water partition coefficient (Wildman–Crippen LogP) is 3.09. The molecular formula is C13H21NOS. The molecule has 0 aliphatic rings. The van der Waals surface area contributed by atoms with E-state index in [2.05, 4.69) is 49.7 Å². The van der Waals surface area contributed by atoms with Crippen molar-refractivity contribution in [2.75, 3.05) is 20.0 Å². The van der Waals surface area contributed by atoms with E-state index in [-0.39, 0.29) is 0 Å². The molecule has 16 heavy (non-hydrogen) atoms. The van der Waals surface area contributed by atoms with Gasteiger partial charge < -0.3 is 10.1 Å². The summed E-state index contributed by atoms with van der Waals surface area (Å²) in [4.78, 5) is 1.31. The van der Waals surface area contributed by atoms with Crippen LogP contribution in [0.25, 0.3) is 0 Å². The first-order chi connectivity index (χ1) is 7.67. The Morgan fingerprint density at radius 1 is 1.25 bits per heavy atom. The maximum Gasteiger partial charge on any atom is 0.0613 e. The number of ether oxygens (including phenoxy) is 1. The van der Waals surface area contributed by atoms with Gasteiger partial charge in [0.1, 0.15) is 0 Å². The summed E-state index contributed by atoms with van der Waals surface area (Å²) < 4.78 is 5.11. The maximum absolute atomic E-state index is 5.11. The Morgan fingerprint density at radius 3 is 2.38 bits per heavy atom. The molecule has 1 N–H and O–H groups in total. The Balaban J connectivity index is 2.55. The van der Waals surface area contributed by atoms with Crippen molar-refractivity contribution in [2.45, 2.75) is 30.8 Å². The highest BCUT2D eigenvalue weighted by Crippen LogP contribution is 2.19. The van der Waals surface area contributed by atoms with Gasteiger partial charge in [-0.2, -0.15) is 0 Å². The van der Waals surface area contributed by atoms with Crippen molar-refractivity contribution in [3.05, 3.63) is 29.8 Å². The van der Waals surface area contributed by atoms with Crippen molar-refractivity contribution in [1.29, 1.82) is 0 Å². The van der Waals surface area contributed by atoms with Crippen LogP contribution in [0, 0.1) is 0 Å². The maximum atomic E-state index is 5.11. The number of benzene rings is 1. The normalized spacial score (nSPS) is 14.8. The number of rotatable bonds is 6. The molecule has 0 saturated carbocycles. The molecule has 0 spiro atoms. The van der Waals surface area contributed by atoms with Gasteiger partial charge in [0.05, 0.1) is 6.61 Å². The quantitative estimate of drug-likeness (QED) is 0.771. The second-order valence-corrected chi connectivity index (χ2v) is 4.90. The Morgan fingerprint density at radius 2 is 1.88 bits per heavy atom. The van der Waals surface area contributed by atoms with Crippen LogP contribution in [0.1, 0.15) is 25.5 Å². The monoisotopic (exact) mass is 239 g/mol. The lowest BCUT2D eigenvalue weighted by atomic mass is 10.1. The van der Waals surface area contributed by atoms with E-state index in [0.29, 0.717) is 12.1 Å². The molecule has 0 saturated heterocycles. The smallest absolute Gasteiger partial charge is 0.0613 e. The van der Waals surface area contributed by atoms with E-state index in [9.17, 15) is 0 Å². The highest BCUT2D eigenvalue weighted by molar-refractivity contribution is 7.98. The van der Waals surface area contributed by atoms with E-state index < -0.39 is 0 Å². The predicted molar refractivity (Wildman–Crippen MR) is 71.1 cm³/mol. The molecular weight excluding hydrogens is 218 g/mol. The van der Waals surface area contributed by atoms with Crippen LogP contribution in [0.15, 0.2) is 29.2 Å². The van der Waals surface area contributed by atoms with Crippen molar-refractivity contribution in [3.63, 3.8) is 0 Å². The average molecular weight is 239 g/mol. The van der Waals surface area contributed by atoms with E-state index in [1.165, 1.54) is 10.5 Å². The SMILES string of the molecule is COCC(C)NC(C)c1ccc(SC)cc1. The molecule has 1 aromatic rings. The van der Waals surface area contributed by atoms with Gasteiger partial charge >= 0.3 is 0 Å². The molecule has 0 aliphatic carbocycles. The van der Waals surface area contributed by atoms with Gasteiger partial charge in [-0.25, -0.2) is 0 Å². The van der Waals surface area contributed by atoms with Gasteiger partial charge in [-0.3, -0.25) is 0 Å². The third-order valence-corrected chi connectivity index (χ3v) is 3.31. The lowest BCUT2D eigenvalue weighted by Crippen LogP contribution is -2.32. The van der Waals surface area contributed by atoms with Crippen LogP contribution in [0.2, 0.25) is 0 Å². The second kappa shape index (κ2) is 6.94. The number of hydrogen-bond donors (Lipinski definition) is 1. The van der Waals surface area contributed by atoms with Gasteiger partial charge in [-0.15, -0.1) is 11.8 Å². The van der Waals surface area contributed by atoms with Gasteiger partial charge in [-0.1, -0.05) is 12.1 Å². The summed E-state index contributed by atoms with van der Waals surface area (Å²) in [6.07, 6.45) is 2.09. The standard InChI is InChI=1S/C13H21NOS/c1-10(9-15-3)14-11(2)12-5-7-13(16-4)8-6-12/h5-8,10-11,14H,9H2,1-4H3. The van der Waals surface area contributed by atoms with Gasteiger partial charge in [0.15, 0.2) is 0 Å². The molecule has 2 unspecified atom stereocenters. The van der Waals surface area contributed by atoms with Crippen LogP contribution >= 0.6 is 11.8 Å². The summed E-state index contributed by atoms with van der Waals surface area (Å²) in [6.45, 7) is 5.06. The highest BCUT2D eigenvalue weighted by Gasteiger charge is 2.08. The van der Waals surface area contributed by atoms with Crippen LogP contribution in [0.4, 0.5) is 0 Å². The van der Waals surface area contributed by atoms with Crippen LogP contribution in [0.3, 0.4) is 0 Å². The lowest BCUT2D eigenvalue weighted by molar-refractivity contribution is 0.167. The molecule has 1 rings (SSSR count). The first-order valence-corrected chi connectivity index (χ1v) is 6.78. The zero-order valence-corrected chi connectivity index (χ0v) is 11.3. The van der Waals surface area contributed by atoms with Crippen molar-refractivity contribution in [2.24, 2.45) is 0 Å². The van der Waals surface area contributed by atoms with Crippen LogP contribution in [0.5, 0.6) is 0 Å². The largest absolute Gasteiger partial charge is 0.383 e. The van der Waals surface area contributed by atoms with Gasteiger partial charge in [0.25, 0.3) is 0 Å². The fourth-order valence-corrected chi connectivity index (χ4v) is 2.12. The highest BCUT2D eigenvalue weighted by atomic mass is 32.2. The summed E-state index contributed by atoms with van der Waals surface area (Å²) in [6, 6.07) is 9.44. The first kappa shape index (κ1) is 13.6. The molecule has 0 aromatic heterocycles. The molecule has 1 aromatic carbocycles. The second-order valence-electron chi connectivity index (χ2n) is 4.02. The number of methoxy groups -OCH3 is 1. The van der Waals surface area contributed by atoms with Gasteiger partial charge in [-0.05, 0) is 37.8 Å².